The van der Waals surface area contributed by atoms with E-state index in [9.17, 15) is 0 Å². The maximum absolute atomic E-state index is 5.97. The molecule has 5 saturated carbocycles. The SMILES string of the molecule is COc1ccccc1N1CCN(CC2CC3C=CC2C3)CC1.Cc1cccc(N2CCN(CC3CC4C=CC3C4)CC2)c1C.Clc1ccc(N2CCN(CC3CC4C=CC3C4)CC2)cc1.c1ccc(N2CCN(C3CC4CCC3C4)CC2)cc1. The lowest BCUT2D eigenvalue weighted by Crippen LogP contribution is -2.51. The average Bonchev–Trinajstić information content (AvgIpc) is 4.58. The molecule has 12 atom stereocenters. The van der Waals surface area contributed by atoms with Crippen molar-refractivity contribution in [2.45, 2.75) is 84.1 Å². The molecule has 0 N–H and O–H groups in total. The van der Waals surface area contributed by atoms with Crippen LogP contribution in [0.5, 0.6) is 5.75 Å². The molecule has 4 heterocycles. The molecule has 10 heteroatoms. The van der Waals surface area contributed by atoms with Crippen molar-refractivity contribution in [2.75, 3.05) is 151 Å². The van der Waals surface area contributed by atoms with Gasteiger partial charge in [0.15, 0.2) is 0 Å². The van der Waals surface area contributed by atoms with Crippen LogP contribution in [-0.4, -0.2) is 157 Å². The van der Waals surface area contributed by atoms with Crippen molar-refractivity contribution in [2.24, 2.45) is 65.1 Å². The number of anilines is 4. The van der Waals surface area contributed by atoms with Crippen LogP contribution in [-0.2, 0) is 0 Å². The van der Waals surface area contributed by atoms with Gasteiger partial charge in [0.1, 0.15) is 5.75 Å². The van der Waals surface area contributed by atoms with Crippen LogP contribution in [0.15, 0.2) is 134 Å². The Morgan fingerprint density at radius 1 is 0.417 bits per heavy atom. The van der Waals surface area contributed by atoms with Crippen molar-refractivity contribution in [3.63, 3.8) is 0 Å². The van der Waals surface area contributed by atoms with Crippen molar-refractivity contribution >= 4 is 34.4 Å². The van der Waals surface area contributed by atoms with Gasteiger partial charge in [-0.05, 0) is 202 Å². The first-order valence-electron chi connectivity index (χ1n) is 33.7. The largest absolute Gasteiger partial charge is 0.495 e. The number of halogens is 1. The first kappa shape index (κ1) is 58.3. The molecule has 0 amide bonds. The molecule has 4 aromatic carbocycles. The molecule has 12 aliphatic rings. The number of piperazine rings is 4. The molecule has 8 aliphatic carbocycles. The molecule has 8 bridgehead atoms. The van der Waals surface area contributed by atoms with Gasteiger partial charge >= 0.3 is 0 Å². The van der Waals surface area contributed by atoms with Gasteiger partial charge < -0.3 is 24.3 Å². The van der Waals surface area contributed by atoms with Crippen LogP contribution in [0.3, 0.4) is 0 Å². The number of fused-ring (bicyclic) bond motifs is 8. The van der Waals surface area contributed by atoms with Crippen LogP contribution in [0.2, 0.25) is 5.02 Å². The lowest BCUT2D eigenvalue weighted by Gasteiger charge is -2.41. The molecule has 4 aliphatic heterocycles. The molecule has 16 rings (SSSR count). The van der Waals surface area contributed by atoms with Crippen molar-refractivity contribution in [1.29, 1.82) is 0 Å². The summed E-state index contributed by atoms with van der Waals surface area (Å²) in [5.74, 6) is 11.2. The molecule has 0 radical (unpaired) electrons. The van der Waals surface area contributed by atoms with E-state index in [1.165, 1.54) is 196 Å². The van der Waals surface area contributed by atoms with Gasteiger partial charge in [-0.3, -0.25) is 19.6 Å². The maximum Gasteiger partial charge on any atom is 0.142 e. The van der Waals surface area contributed by atoms with Crippen LogP contribution in [0, 0.1) is 78.9 Å². The Balaban J connectivity index is 0.000000105. The summed E-state index contributed by atoms with van der Waals surface area (Å²) in [6.07, 6.45) is 29.4. The number of rotatable bonds is 12. The smallest absolute Gasteiger partial charge is 0.142 e. The first-order valence-corrected chi connectivity index (χ1v) is 34.1. The van der Waals surface area contributed by atoms with Crippen LogP contribution in [0.4, 0.5) is 22.7 Å². The number of ether oxygens (including phenoxy) is 1. The third-order valence-electron chi connectivity index (χ3n) is 23.0. The van der Waals surface area contributed by atoms with E-state index in [-0.39, 0.29) is 0 Å². The minimum atomic E-state index is 0.821. The second-order valence-electron chi connectivity index (χ2n) is 28.0. The van der Waals surface area contributed by atoms with Gasteiger partial charge in [-0.1, -0.05) is 96.9 Å². The molecular weight excluding hydrogens is 1050 g/mol. The van der Waals surface area contributed by atoms with E-state index in [2.05, 4.69) is 168 Å². The lowest BCUT2D eigenvalue weighted by atomic mass is 9.93. The lowest BCUT2D eigenvalue weighted by molar-refractivity contribution is 0.135. The van der Waals surface area contributed by atoms with Crippen molar-refractivity contribution in [1.82, 2.24) is 19.6 Å². The predicted molar refractivity (Wildman–Crippen MR) is 352 cm³/mol. The summed E-state index contributed by atoms with van der Waals surface area (Å²) in [4.78, 5) is 20.9. The molecule has 9 fully saturated rings. The third kappa shape index (κ3) is 13.8. The Hall–Kier alpha value is -4.77. The topological polar surface area (TPSA) is 35.2 Å². The highest BCUT2D eigenvalue weighted by atomic mass is 35.5. The van der Waals surface area contributed by atoms with Gasteiger partial charge in [0.05, 0.1) is 12.8 Å². The van der Waals surface area contributed by atoms with Gasteiger partial charge in [0, 0.05) is 152 Å². The molecule has 12 unspecified atom stereocenters. The minimum absolute atomic E-state index is 0.821. The number of allylic oxidation sites excluding steroid dienone is 6. The number of hydrogen-bond donors (Lipinski definition) is 0. The maximum atomic E-state index is 5.97. The molecule has 4 saturated heterocycles. The fourth-order valence-electron chi connectivity index (χ4n) is 18.1. The van der Waals surface area contributed by atoms with E-state index in [0.29, 0.717) is 0 Å². The Bertz CT molecular complexity index is 2830. The fraction of sp³-hybridized carbons (Fsp3) is 0.595. The summed E-state index contributed by atoms with van der Waals surface area (Å²) in [6.45, 7) is 27.4. The zero-order valence-electron chi connectivity index (χ0n) is 51.5. The minimum Gasteiger partial charge on any atom is -0.495 e. The Labute approximate surface area is 511 Å². The number of methoxy groups -OCH3 is 1. The summed E-state index contributed by atoms with van der Waals surface area (Å²) in [5.41, 5.74) is 8.26. The molecular formula is C74H101ClN8O. The summed E-state index contributed by atoms with van der Waals surface area (Å²) in [5, 5.41) is 0.821. The van der Waals surface area contributed by atoms with Crippen LogP contribution < -0.4 is 24.3 Å². The second kappa shape index (κ2) is 27.1. The number of para-hydroxylation sites is 3. The van der Waals surface area contributed by atoms with E-state index >= 15 is 0 Å². The van der Waals surface area contributed by atoms with E-state index in [1.807, 2.05) is 18.2 Å². The second-order valence-corrected chi connectivity index (χ2v) is 28.4. The summed E-state index contributed by atoms with van der Waals surface area (Å²) in [7, 11) is 1.76. The quantitative estimate of drug-likeness (QED) is 0.129. The zero-order chi connectivity index (χ0) is 56.9. The van der Waals surface area contributed by atoms with Gasteiger partial charge in [-0.15, -0.1) is 0 Å². The van der Waals surface area contributed by atoms with Gasteiger partial charge in [0.25, 0.3) is 0 Å². The van der Waals surface area contributed by atoms with Gasteiger partial charge in [0.2, 0.25) is 0 Å². The van der Waals surface area contributed by atoms with E-state index in [4.69, 9.17) is 16.3 Å². The normalized spacial score (nSPS) is 32.2. The molecule has 84 heavy (non-hydrogen) atoms. The number of benzene rings is 4. The van der Waals surface area contributed by atoms with Crippen LogP contribution in [0.1, 0.15) is 75.3 Å². The molecule has 450 valence electrons. The summed E-state index contributed by atoms with van der Waals surface area (Å²) in [6, 6.07) is 35.2. The first-order chi connectivity index (χ1) is 41.2. The Morgan fingerprint density at radius 3 is 1.35 bits per heavy atom. The Morgan fingerprint density at radius 2 is 0.881 bits per heavy atom. The van der Waals surface area contributed by atoms with Gasteiger partial charge in [-0.2, -0.15) is 0 Å². The van der Waals surface area contributed by atoms with E-state index in [1.54, 1.807) is 7.11 Å². The average molecular weight is 1150 g/mol. The van der Waals surface area contributed by atoms with Crippen LogP contribution >= 0.6 is 11.6 Å². The standard InChI is InChI=1S/C20H28N2.C19H26N2O.C18H23ClN2.C17H24N2/c1-15-4-3-5-20(16(15)2)22-10-8-21(9-11-22)14-19-13-17-6-7-18(19)12-17;1-22-19-5-3-2-4-18(19)21-10-8-20(9-11-21)14-17-13-15-6-7-16(17)12-15;19-17-3-5-18(6-4-17)21-9-7-20(8-10-21)13-16-12-14-1-2-15(16)11-14;1-2-4-16(5-3-1)18-8-10-19(11-9-18)17-13-14-6-7-15(17)12-14/h3-7,17-19H,8-14H2,1-2H3;2-7,15-17H,8-14H2,1H3;1-6,14-16H,7-13H2;1-5,14-15,17H,6-13H2. The van der Waals surface area contributed by atoms with Crippen LogP contribution in [0.25, 0.3) is 0 Å². The highest BCUT2D eigenvalue weighted by molar-refractivity contribution is 6.30. The van der Waals surface area contributed by atoms with Crippen molar-refractivity contribution in [3.8, 4) is 5.75 Å². The zero-order valence-corrected chi connectivity index (χ0v) is 52.3. The third-order valence-corrected chi connectivity index (χ3v) is 23.2. The van der Waals surface area contributed by atoms with E-state index < -0.39 is 0 Å². The van der Waals surface area contributed by atoms with E-state index in [0.717, 1.165) is 108 Å². The highest BCUT2D eigenvalue weighted by Gasteiger charge is 2.43. The molecule has 0 spiro atoms. The van der Waals surface area contributed by atoms with Crippen molar-refractivity contribution in [3.05, 3.63) is 150 Å². The Kier molecular flexibility index (Phi) is 18.8. The monoisotopic (exact) mass is 1150 g/mol. The number of nitrogens with zero attached hydrogens (tertiary/aromatic N) is 8. The summed E-state index contributed by atoms with van der Waals surface area (Å²) >= 11 is 5.97. The predicted octanol–water partition coefficient (Wildman–Crippen LogP) is 13.3. The van der Waals surface area contributed by atoms with Gasteiger partial charge in [-0.25, -0.2) is 0 Å². The van der Waals surface area contributed by atoms with Crippen molar-refractivity contribution < 1.29 is 4.74 Å². The number of hydrogen-bond acceptors (Lipinski definition) is 9. The molecule has 9 nitrogen and oxygen atoms in total. The fourth-order valence-corrected chi connectivity index (χ4v) is 18.2. The number of aryl methyl sites for hydroxylation is 1. The molecule has 4 aromatic rings. The summed E-state index contributed by atoms with van der Waals surface area (Å²) < 4.78 is 5.50. The molecule has 0 aromatic heterocycles. The highest BCUT2D eigenvalue weighted by Crippen LogP contribution is 2.48.